The summed E-state index contributed by atoms with van der Waals surface area (Å²) in [7, 11) is 3.02. The van der Waals surface area contributed by atoms with Crippen LogP contribution in [0, 0.1) is 5.82 Å². The van der Waals surface area contributed by atoms with Gasteiger partial charge < -0.3 is 24.8 Å². The summed E-state index contributed by atoms with van der Waals surface area (Å²) < 4.78 is 33.7. The summed E-state index contributed by atoms with van der Waals surface area (Å²) in [6, 6.07) is 19.6. The fourth-order valence-corrected chi connectivity index (χ4v) is 6.05. The molecule has 6 aromatic rings. The van der Waals surface area contributed by atoms with Crippen molar-refractivity contribution in [2.45, 2.75) is 6.54 Å². The quantitative estimate of drug-likeness (QED) is 0.131. The number of thiophene rings is 1. The van der Waals surface area contributed by atoms with Crippen LogP contribution in [0.1, 0.15) is 15.9 Å². The van der Waals surface area contributed by atoms with Gasteiger partial charge in [0.25, 0.3) is 11.5 Å². The molecule has 0 aliphatic heterocycles. The van der Waals surface area contributed by atoms with E-state index in [-0.39, 0.29) is 22.7 Å². The Morgan fingerprint density at radius 1 is 0.979 bits per heavy atom. The Labute approximate surface area is 283 Å². The maximum absolute atomic E-state index is 15.4. The van der Waals surface area contributed by atoms with Crippen LogP contribution in [0.4, 0.5) is 10.1 Å². The standard InChI is InChI=1S/C35H29ClFN5O5S/c1-45-16-14-38-19-21-3-9-26(40-20-21)31-18-27-33(48-31)30(11-13-39-27)47-28-10-6-23(17-25(28)37)41-34(43)32-29(46-2)12-15-42(35(32)44)24-7-4-22(36)5-8-24/h3-13,15,17-18,20,38H,14,16,19H2,1-2H3,(H,41,43). The number of amides is 1. The molecule has 48 heavy (non-hydrogen) atoms. The Morgan fingerprint density at radius 2 is 1.81 bits per heavy atom. The Balaban J connectivity index is 1.19. The van der Waals surface area contributed by atoms with Gasteiger partial charge in [0.15, 0.2) is 11.6 Å². The lowest BCUT2D eigenvalue weighted by Crippen LogP contribution is -2.28. The molecule has 4 aromatic heterocycles. The third-order valence-corrected chi connectivity index (χ3v) is 8.69. The zero-order chi connectivity index (χ0) is 33.6. The van der Waals surface area contributed by atoms with E-state index in [1.165, 1.54) is 47.4 Å². The number of halogens is 2. The zero-order valence-electron chi connectivity index (χ0n) is 25.8. The van der Waals surface area contributed by atoms with E-state index in [0.717, 1.165) is 33.4 Å². The number of aromatic nitrogens is 3. The molecule has 0 aliphatic carbocycles. The highest BCUT2D eigenvalue weighted by atomic mass is 35.5. The second-order valence-corrected chi connectivity index (χ2v) is 12.0. The fourth-order valence-electron chi connectivity index (χ4n) is 4.88. The lowest BCUT2D eigenvalue weighted by molar-refractivity contribution is 0.102. The molecule has 6 rings (SSSR count). The van der Waals surface area contributed by atoms with Gasteiger partial charge >= 0.3 is 0 Å². The number of methoxy groups -OCH3 is 2. The molecule has 2 aromatic carbocycles. The molecule has 10 nitrogen and oxygen atoms in total. The number of carbonyl (C=O) groups is 1. The molecule has 13 heteroatoms. The van der Waals surface area contributed by atoms with Gasteiger partial charge in [0, 0.05) is 67.3 Å². The number of ether oxygens (including phenoxy) is 3. The molecular formula is C35H29ClFN5O5S. The maximum Gasteiger partial charge on any atom is 0.271 e. The number of nitrogens with zero attached hydrogens (tertiary/aromatic N) is 3. The van der Waals surface area contributed by atoms with Crippen molar-refractivity contribution >= 4 is 44.7 Å². The first kappa shape index (κ1) is 32.8. The first-order valence-corrected chi connectivity index (χ1v) is 15.9. The number of rotatable bonds is 12. The smallest absolute Gasteiger partial charge is 0.271 e. The van der Waals surface area contributed by atoms with Crippen molar-refractivity contribution in [3.8, 4) is 33.5 Å². The molecule has 4 heterocycles. The van der Waals surface area contributed by atoms with Gasteiger partial charge in [-0.3, -0.25) is 24.1 Å². The highest BCUT2D eigenvalue weighted by Gasteiger charge is 2.21. The molecule has 2 N–H and O–H groups in total. The minimum atomic E-state index is -0.765. The summed E-state index contributed by atoms with van der Waals surface area (Å²) >= 11 is 7.42. The molecule has 1 amide bonds. The molecule has 0 saturated carbocycles. The van der Waals surface area contributed by atoms with Gasteiger partial charge in [0.1, 0.15) is 17.1 Å². The maximum atomic E-state index is 15.4. The van der Waals surface area contributed by atoms with Crippen LogP contribution in [0.15, 0.2) is 96.2 Å². The van der Waals surface area contributed by atoms with E-state index in [0.29, 0.717) is 35.1 Å². The number of fused-ring (bicyclic) bond motifs is 1. The molecular weight excluding hydrogens is 657 g/mol. The number of carbonyl (C=O) groups excluding carboxylic acids is 1. The molecule has 0 fully saturated rings. The Bertz CT molecular complexity index is 2140. The van der Waals surface area contributed by atoms with E-state index in [2.05, 4.69) is 20.6 Å². The second-order valence-electron chi connectivity index (χ2n) is 10.5. The number of nitrogens with one attached hydrogen (secondary N) is 2. The summed E-state index contributed by atoms with van der Waals surface area (Å²) in [5.74, 6) is -1.05. The van der Waals surface area contributed by atoms with Gasteiger partial charge in [-0.2, -0.15) is 0 Å². The van der Waals surface area contributed by atoms with Gasteiger partial charge in [0.05, 0.1) is 34.5 Å². The van der Waals surface area contributed by atoms with Crippen LogP contribution in [0.2, 0.25) is 5.02 Å². The minimum absolute atomic E-state index is 0.0544. The van der Waals surface area contributed by atoms with Crippen molar-refractivity contribution < 1.29 is 23.4 Å². The highest BCUT2D eigenvalue weighted by molar-refractivity contribution is 7.22. The van der Waals surface area contributed by atoms with Gasteiger partial charge in [0.2, 0.25) is 0 Å². The topological polar surface area (TPSA) is 117 Å². The van der Waals surface area contributed by atoms with Crippen LogP contribution in [-0.4, -0.2) is 47.8 Å². The summed E-state index contributed by atoms with van der Waals surface area (Å²) in [5.41, 5.74) is 2.28. The van der Waals surface area contributed by atoms with Crippen molar-refractivity contribution in [2.24, 2.45) is 0 Å². The molecule has 0 radical (unpaired) electrons. The van der Waals surface area contributed by atoms with E-state index in [1.807, 2.05) is 24.4 Å². The number of pyridine rings is 3. The van der Waals surface area contributed by atoms with Crippen molar-refractivity contribution in [1.82, 2.24) is 19.9 Å². The molecule has 0 bridgehead atoms. The van der Waals surface area contributed by atoms with E-state index in [4.69, 9.17) is 25.8 Å². The zero-order valence-corrected chi connectivity index (χ0v) is 27.4. The molecule has 0 spiro atoms. The average molecular weight is 686 g/mol. The third kappa shape index (κ3) is 7.21. The van der Waals surface area contributed by atoms with E-state index < -0.39 is 17.3 Å². The average Bonchev–Trinajstić information content (AvgIpc) is 3.54. The summed E-state index contributed by atoms with van der Waals surface area (Å²) in [6.07, 6.45) is 4.91. The summed E-state index contributed by atoms with van der Waals surface area (Å²) in [4.78, 5) is 36.6. The Hall–Kier alpha value is -5.14. The van der Waals surface area contributed by atoms with Gasteiger partial charge in [-0.05, 0) is 60.2 Å². The van der Waals surface area contributed by atoms with Crippen LogP contribution >= 0.6 is 22.9 Å². The summed E-state index contributed by atoms with van der Waals surface area (Å²) in [6.45, 7) is 2.06. The van der Waals surface area contributed by atoms with Crippen LogP contribution < -0.4 is 25.7 Å². The number of benzene rings is 2. The van der Waals surface area contributed by atoms with Crippen LogP contribution in [0.3, 0.4) is 0 Å². The van der Waals surface area contributed by atoms with Crippen LogP contribution in [0.5, 0.6) is 17.2 Å². The molecule has 244 valence electrons. The van der Waals surface area contributed by atoms with Gasteiger partial charge in [-0.1, -0.05) is 17.7 Å². The molecule has 0 saturated heterocycles. The minimum Gasteiger partial charge on any atom is -0.496 e. The molecule has 0 atom stereocenters. The second kappa shape index (κ2) is 14.7. The third-order valence-electron chi connectivity index (χ3n) is 7.28. The number of hydrogen-bond donors (Lipinski definition) is 2. The van der Waals surface area contributed by atoms with Gasteiger partial charge in [-0.15, -0.1) is 11.3 Å². The number of anilines is 1. The van der Waals surface area contributed by atoms with Crippen molar-refractivity contribution in [1.29, 1.82) is 0 Å². The van der Waals surface area contributed by atoms with E-state index in [1.54, 1.807) is 43.6 Å². The highest BCUT2D eigenvalue weighted by Crippen LogP contribution is 2.39. The predicted octanol–water partition coefficient (Wildman–Crippen LogP) is 7.09. The van der Waals surface area contributed by atoms with Crippen molar-refractivity contribution in [2.75, 3.05) is 32.7 Å². The Kier molecular flexibility index (Phi) is 10.1. The summed E-state index contributed by atoms with van der Waals surface area (Å²) in [5, 5.41) is 6.39. The van der Waals surface area contributed by atoms with Crippen molar-refractivity contribution in [3.05, 3.63) is 124 Å². The first-order chi connectivity index (χ1) is 23.3. The van der Waals surface area contributed by atoms with Crippen LogP contribution in [0.25, 0.3) is 26.5 Å². The van der Waals surface area contributed by atoms with Gasteiger partial charge in [-0.25, -0.2) is 4.39 Å². The van der Waals surface area contributed by atoms with E-state index in [9.17, 15) is 9.59 Å². The van der Waals surface area contributed by atoms with Crippen LogP contribution in [-0.2, 0) is 11.3 Å². The fraction of sp³-hybridized carbons (Fsp3) is 0.143. The lowest BCUT2D eigenvalue weighted by Gasteiger charge is -2.13. The predicted molar refractivity (Wildman–Crippen MR) is 184 cm³/mol. The lowest BCUT2D eigenvalue weighted by atomic mass is 10.2. The van der Waals surface area contributed by atoms with Crippen molar-refractivity contribution in [3.63, 3.8) is 0 Å². The first-order valence-electron chi connectivity index (χ1n) is 14.7. The SMILES string of the molecule is COCCNCc1ccc(-c2cc3nccc(Oc4ccc(NC(=O)c5c(OC)ccn(-c6ccc(Cl)cc6)c5=O)cc4F)c3s2)nc1. The number of hydrogen-bond acceptors (Lipinski definition) is 9. The normalized spacial score (nSPS) is 11.1. The molecule has 0 unspecified atom stereocenters. The largest absolute Gasteiger partial charge is 0.496 e. The van der Waals surface area contributed by atoms with E-state index >= 15 is 4.39 Å². The Morgan fingerprint density at radius 3 is 2.54 bits per heavy atom. The monoisotopic (exact) mass is 685 g/mol. The molecule has 0 aliphatic rings.